The topological polar surface area (TPSA) is 42.0 Å². The summed E-state index contributed by atoms with van der Waals surface area (Å²) >= 11 is 0. The third kappa shape index (κ3) is 4.77. The summed E-state index contributed by atoms with van der Waals surface area (Å²) in [6, 6.07) is 8.64. The van der Waals surface area contributed by atoms with Crippen LogP contribution >= 0.6 is 0 Å². The Kier molecular flexibility index (Phi) is 6.54. The van der Waals surface area contributed by atoms with Crippen LogP contribution in [0.1, 0.15) is 51.1 Å². The summed E-state index contributed by atoms with van der Waals surface area (Å²) in [6.45, 7) is 6.96. The fourth-order valence-corrected chi connectivity index (χ4v) is 4.22. The molecule has 26 heavy (non-hydrogen) atoms. The number of rotatable bonds is 4. The van der Waals surface area contributed by atoms with E-state index in [1.807, 2.05) is 30.9 Å². The summed E-state index contributed by atoms with van der Waals surface area (Å²) in [4.78, 5) is 17.3. The first-order chi connectivity index (χ1) is 12.6. The fraction of sp³-hybridized carbons (Fsp3) is 0.667. The first kappa shape index (κ1) is 19.2. The number of carbonyl (C=O) groups is 1. The van der Waals surface area contributed by atoms with Crippen LogP contribution in [0.15, 0.2) is 24.3 Å². The van der Waals surface area contributed by atoms with Crippen molar-refractivity contribution in [2.75, 3.05) is 33.3 Å². The quantitative estimate of drug-likeness (QED) is 0.827. The molecule has 0 N–H and O–H groups in total. The molecule has 5 heteroatoms. The lowest BCUT2D eigenvalue weighted by atomic mass is 10.0. The predicted molar refractivity (Wildman–Crippen MR) is 102 cm³/mol. The van der Waals surface area contributed by atoms with Crippen molar-refractivity contribution in [3.8, 4) is 5.75 Å². The maximum Gasteiger partial charge on any atom is 0.236 e. The van der Waals surface area contributed by atoms with Gasteiger partial charge in [-0.05, 0) is 50.9 Å². The number of methoxy groups -OCH3 is 1. The van der Waals surface area contributed by atoms with Gasteiger partial charge in [-0.2, -0.15) is 0 Å². The van der Waals surface area contributed by atoms with Crippen LogP contribution in [0.3, 0.4) is 0 Å². The van der Waals surface area contributed by atoms with Crippen molar-refractivity contribution < 1.29 is 14.3 Å². The van der Waals surface area contributed by atoms with Crippen LogP contribution in [0, 0.1) is 0 Å². The Morgan fingerprint density at radius 1 is 1.12 bits per heavy atom. The third-order valence-corrected chi connectivity index (χ3v) is 5.47. The lowest BCUT2D eigenvalue weighted by Gasteiger charge is -2.37. The van der Waals surface area contributed by atoms with E-state index in [4.69, 9.17) is 9.47 Å². The number of carbonyl (C=O) groups excluding carboxylic acids is 1. The number of morpholine rings is 1. The number of likely N-dealkylation sites (tertiary alicyclic amines) is 1. The summed E-state index contributed by atoms with van der Waals surface area (Å²) in [7, 11) is 1.69. The lowest BCUT2D eigenvalue weighted by Crippen LogP contribution is -2.51. The number of ether oxygens (including phenoxy) is 2. The van der Waals surface area contributed by atoms with E-state index in [0.29, 0.717) is 25.7 Å². The average Bonchev–Trinajstić information content (AvgIpc) is 2.86. The lowest BCUT2D eigenvalue weighted by molar-refractivity contribution is -0.144. The van der Waals surface area contributed by atoms with Crippen LogP contribution in [0.2, 0.25) is 0 Å². The number of hydrogen-bond acceptors (Lipinski definition) is 4. The Hall–Kier alpha value is -1.59. The van der Waals surface area contributed by atoms with E-state index in [9.17, 15) is 4.79 Å². The molecule has 2 aliphatic heterocycles. The van der Waals surface area contributed by atoms with E-state index in [-0.39, 0.29) is 18.1 Å². The SMILES string of the molecule is COc1ccc(C2CCCCCN2CC(=O)N2CC(C)OC(C)C2)cc1. The monoisotopic (exact) mass is 360 g/mol. The molecule has 2 aliphatic rings. The molecule has 2 heterocycles. The zero-order valence-corrected chi connectivity index (χ0v) is 16.3. The second-order valence-corrected chi connectivity index (χ2v) is 7.66. The first-order valence-electron chi connectivity index (χ1n) is 9.88. The summed E-state index contributed by atoms with van der Waals surface area (Å²) in [5.41, 5.74) is 1.28. The Labute approximate surface area is 157 Å². The molecule has 0 saturated carbocycles. The van der Waals surface area contributed by atoms with E-state index in [0.717, 1.165) is 25.1 Å². The highest BCUT2D eigenvalue weighted by molar-refractivity contribution is 5.78. The van der Waals surface area contributed by atoms with Crippen LogP contribution in [-0.4, -0.2) is 61.2 Å². The van der Waals surface area contributed by atoms with Gasteiger partial charge in [0.15, 0.2) is 0 Å². The van der Waals surface area contributed by atoms with Gasteiger partial charge in [-0.15, -0.1) is 0 Å². The van der Waals surface area contributed by atoms with E-state index in [2.05, 4.69) is 17.0 Å². The van der Waals surface area contributed by atoms with Crippen LogP contribution in [-0.2, 0) is 9.53 Å². The predicted octanol–water partition coefficient (Wildman–Crippen LogP) is 3.25. The third-order valence-electron chi connectivity index (χ3n) is 5.47. The van der Waals surface area contributed by atoms with Gasteiger partial charge in [-0.3, -0.25) is 9.69 Å². The minimum Gasteiger partial charge on any atom is -0.497 e. The van der Waals surface area contributed by atoms with Crippen molar-refractivity contribution >= 4 is 5.91 Å². The summed E-state index contributed by atoms with van der Waals surface area (Å²) in [6.07, 6.45) is 4.95. The standard InChI is InChI=1S/C21H32N2O3/c1-16-13-23(14-17(2)26-16)21(24)15-22-12-6-4-5-7-20(22)18-8-10-19(25-3)11-9-18/h8-11,16-17,20H,4-7,12-15H2,1-3H3. The van der Waals surface area contributed by atoms with Gasteiger partial charge in [-0.1, -0.05) is 25.0 Å². The van der Waals surface area contributed by atoms with Gasteiger partial charge in [-0.25, -0.2) is 0 Å². The number of nitrogens with zero attached hydrogens (tertiary/aromatic N) is 2. The Morgan fingerprint density at radius 3 is 2.46 bits per heavy atom. The number of amides is 1. The Bertz CT molecular complexity index is 579. The molecule has 3 rings (SSSR count). The summed E-state index contributed by atoms with van der Waals surface area (Å²) in [5, 5.41) is 0. The van der Waals surface area contributed by atoms with Crippen LogP contribution in [0.25, 0.3) is 0 Å². The molecule has 3 atom stereocenters. The molecule has 3 unspecified atom stereocenters. The Balaban J connectivity index is 1.70. The van der Waals surface area contributed by atoms with Crippen molar-refractivity contribution in [2.45, 2.75) is 57.8 Å². The van der Waals surface area contributed by atoms with Crippen molar-refractivity contribution in [3.05, 3.63) is 29.8 Å². The van der Waals surface area contributed by atoms with Gasteiger partial charge < -0.3 is 14.4 Å². The molecule has 5 nitrogen and oxygen atoms in total. The highest BCUT2D eigenvalue weighted by atomic mass is 16.5. The molecule has 0 bridgehead atoms. The second-order valence-electron chi connectivity index (χ2n) is 7.66. The van der Waals surface area contributed by atoms with Gasteiger partial charge in [0.2, 0.25) is 5.91 Å². The van der Waals surface area contributed by atoms with Gasteiger partial charge in [0, 0.05) is 19.1 Å². The minimum atomic E-state index is 0.115. The molecular formula is C21H32N2O3. The van der Waals surface area contributed by atoms with Crippen LogP contribution in [0.4, 0.5) is 0 Å². The van der Waals surface area contributed by atoms with E-state index >= 15 is 0 Å². The normalized spacial score (nSPS) is 27.8. The molecule has 0 aliphatic carbocycles. The zero-order chi connectivity index (χ0) is 18.5. The molecule has 0 spiro atoms. The summed E-state index contributed by atoms with van der Waals surface area (Å²) < 4.78 is 11.1. The number of benzene rings is 1. The van der Waals surface area contributed by atoms with Crippen LogP contribution < -0.4 is 4.74 Å². The van der Waals surface area contributed by atoms with Crippen LogP contribution in [0.5, 0.6) is 5.75 Å². The van der Waals surface area contributed by atoms with Gasteiger partial charge in [0.25, 0.3) is 0 Å². The highest BCUT2D eigenvalue weighted by Crippen LogP contribution is 2.31. The second kappa shape index (κ2) is 8.87. The molecule has 2 saturated heterocycles. The molecule has 0 aromatic heterocycles. The molecule has 1 amide bonds. The van der Waals surface area contributed by atoms with E-state index in [1.54, 1.807) is 7.11 Å². The molecule has 1 aromatic carbocycles. The van der Waals surface area contributed by atoms with Crippen molar-refractivity contribution in [1.29, 1.82) is 0 Å². The molecule has 2 fully saturated rings. The molecule has 0 radical (unpaired) electrons. The highest BCUT2D eigenvalue weighted by Gasteiger charge is 2.30. The van der Waals surface area contributed by atoms with Crippen molar-refractivity contribution in [2.24, 2.45) is 0 Å². The zero-order valence-electron chi connectivity index (χ0n) is 16.3. The fourth-order valence-electron chi connectivity index (χ4n) is 4.22. The van der Waals surface area contributed by atoms with Crippen molar-refractivity contribution in [1.82, 2.24) is 9.80 Å². The van der Waals surface area contributed by atoms with Gasteiger partial charge in [0.1, 0.15) is 5.75 Å². The minimum absolute atomic E-state index is 0.115. The van der Waals surface area contributed by atoms with Gasteiger partial charge in [0.05, 0.1) is 25.9 Å². The molecule has 1 aromatic rings. The smallest absolute Gasteiger partial charge is 0.236 e. The Morgan fingerprint density at radius 2 is 1.81 bits per heavy atom. The molecular weight excluding hydrogens is 328 g/mol. The van der Waals surface area contributed by atoms with Crippen molar-refractivity contribution in [3.63, 3.8) is 0 Å². The first-order valence-corrected chi connectivity index (χ1v) is 9.88. The van der Waals surface area contributed by atoms with E-state index in [1.165, 1.54) is 18.4 Å². The van der Waals surface area contributed by atoms with E-state index < -0.39 is 0 Å². The molecule has 144 valence electrons. The number of hydrogen-bond donors (Lipinski definition) is 0. The summed E-state index contributed by atoms with van der Waals surface area (Å²) in [5.74, 6) is 1.11. The van der Waals surface area contributed by atoms with Gasteiger partial charge >= 0.3 is 0 Å². The maximum absolute atomic E-state index is 13.0. The maximum atomic E-state index is 13.0. The largest absolute Gasteiger partial charge is 0.497 e. The average molecular weight is 360 g/mol.